The molecule has 5 rings (SSSR count). The third-order valence-electron chi connectivity index (χ3n) is 6.44. The lowest BCUT2D eigenvalue weighted by atomic mass is 10.1. The number of benzene rings is 2. The number of amides is 1. The maximum absolute atomic E-state index is 14.0. The van der Waals surface area contributed by atoms with Crippen LogP contribution in [0.1, 0.15) is 39.2 Å². The second kappa shape index (κ2) is 10.5. The van der Waals surface area contributed by atoms with Crippen LogP contribution in [0.15, 0.2) is 59.4 Å². The highest BCUT2D eigenvalue weighted by molar-refractivity contribution is 7.20. The van der Waals surface area contributed by atoms with E-state index >= 15 is 0 Å². The number of nitrogens with two attached hydrogens (primary N) is 1. The Hall–Kier alpha value is -4.07. The smallest absolute Gasteiger partial charge is 0.273 e. The average Bonchev–Trinajstić information content (AvgIpc) is 3.34. The van der Waals surface area contributed by atoms with Crippen LogP contribution < -0.4 is 21.5 Å². The van der Waals surface area contributed by atoms with E-state index in [1.54, 1.807) is 41.0 Å². The first-order valence-electron chi connectivity index (χ1n) is 12.0. The van der Waals surface area contributed by atoms with Crippen molar-refractivity contribution in [1.82, 2.24) is 14.9 Å². The maximum Gasteiger partial charge on any atom is 0.273 e. The van der Waals surface area contributed by atoms with E-state index in [1.807, 2.05) is 17.0 Å². The van der Waals surface area contributed by atoms with Gasteiger partial charge in [-0.25, -0.2) is 9.37 Å². The molecule has 2 aromatic heterocycles. The zero-order valence-electron chi connectivity index (χ0n) is 20.0. The molecule has 0 spiro atoms. The normalized spacial score (nSPS) is 15.5. The van der Waals surface area contributed by atoms with Gasteiger partial charge in [0.25, 0.3) is 11.5 Å². The fourth-order valence-corrected chi connectivity index (χ4v) is 5.49. The van der Waals surface area contributed by atoms with Crippen LogP contribution in [0, 0.1) is 17.1 Å². The summed E-state index contributed by atoms with van der Waals surface area (Å²) in [4.78, 5) is 33.7. The van der Waals surface area contributed by atoms with Crippen molar-refractivity contribution in [3.8, 4) is 6.07 Å². The van der Waals surface area contributed by atoms with Gasteiger partial charge in [0.1, 0.15) is 10.5 Å². The summed E-state index contributed by atoms with van der Waals surface area (Å²) in [5, 5.41) is 12.3. The number of carbonyl (C=O) groups is 1. The number of nitrogens with zero attached hydrogens (tertiary/aromatic N) is 4. The number of aromatic nitrogens is 2. The molecule has 0 bridgehead atoms. The maximum atomic E-state index is 14.0. The minimum Gasteiger partial charge on any atom is -0.347 e. The number of piperidine rings is 1. The monoisotopic (exact) mass is 516 g/mol. The van der Waals surface area contributed by atoms with Crippen molar-refractivity contribution in [2.75, 3.05) is 18.0 Å². The zero-order valence-corrected chi connectivity index (χ0v) is 20.8. The van der Waals surface area contributed by atoms with Crippen LogP contribution in [-0.4, -0.2) is 34.6 Å². The summed E-state index contributed by atoms with van der Waals surface area (Å²) in [6.07, 6.45) is 1.77. The molecule has 0 aliphatic carbocycles. The molecular weight excluding hydrogens is 491 g/mol. The van der Waals surface area contributed by atoms with Crippen LogP contribution in [-0.2, 0) is 13.1 Å². The molecule has 1 aliphatic rings. The quantitative estimate of drug-likeness (QED) is 0.406. The summed E-state index contributed by atoms with van der Waals surface area (Å²) in [7, 11) is 0. The summed E-state index contributed by atoms with van der Waals surface area (Å²) in [5.74, 6) is -0.337. The summed E-state index contributed by atoms with van der Waals surface area (Å²) < 4.78 is 15.9. The number of nitriles is 1. The SMILES string of the molecule is N#Cc1ccccc1Cn1c(N2CCC[C@@H](N)C2)nc2cc(C(=O)NCc3ccccc3F)sc2c1=O. The Kier molecular flexibility index (Phi) is 6.99. The van der Waals surface area contributed by atoms with E-state index in [0.717, 1.165) is 24.2 Å². The van der Waals surface area contributed by atoms with E-state index in [4.69, 9.17) is 10.7 Å². The molecule has 0 radical (unpaired) electrons. The Labute approximate surface area is 216 Å². The van der Waals surface area contributed by atoms with Gasteiger partial charge in [-0.15, -0.1) is 11.3 Å². The molecule has 2 aromatic carbocycles. The highest BCUT2D eigenvalue weighted by Gasteiger charge is 2.24. The number of hydrogen-bond acceptors (Lipinski definition) is 7. The van der Waals surface area contributed by atoms with Crippen molar-refractivity contribution in [2.45, 2.75) is 32.0 Å². The zero-order chi connectivity index (χ0) is 25.9. The van der Waals surface area contributed by atoms with Gasteiger partial charge in [0, 0.05) is 31.2 Å². The van der Waals surface area contributed by atoms with Crippen LogP contribution in [0.5, 0.6) is 0 Å². The fraction of sp³-hybridized carbons (Fsp3) is 0.259. The summed E-state index contributed by atoms with van der Waals surface area (Å²) in [6, 6.07) is 17.1. The number of halogens is 1. The first kappa shape index (κ1) is 24.6. The molecule has 1 aliphatic heterocycles. The van der Waals surface area contributed by atoms with E-state index in [-0.39, 0.29) is 24.7 Å². The molecule has 1 saturated heterocycles. The largest absolute Gasteiger partial charge is 0.347 e. The molecule has 188 valence electrons. The van der Waals surface area contributed by atoms with Crippen LogP contribution in [0.2, 0.25) is 0 Å². The molecule has 1 atom stereocenters. The number of fused-ring (bicyclic) bond motifs is 1. The van der Waals surface area contributed by atoms with E-state index in [0.29, 0.717) is 50.8 Å². The molecule has 4 aromatic rings. The first-order valence-corrected chi connectivity index (χ1v) is 12.8. The van der Waals surface area contributed by atoms with Crippen molar-refractivity contribution in [3.63, 3.8) is 0 Å². The van der Waals surface area contributed by atoms with Crippen molar-refractivity contribution in [2.24, 2.45) is 5.73 Å². The Bertz CT molecular complexity index is 1570. The summed E-state index contributed by atoms with van der Waals surface area (Å²) in [5.41, 5.74) is 7.91. The number of thiophene rings is 1. The number of hydrogen-bond donors (Lipinski definition) is 2. The van der Waals surface area contributed by atoms with Crippen LogP contribution in [0.3, 0.4) is 0 Å². The topological polar surface area (TPSA) is 117 Å². The molecule has 1 fully saturated rings. The number of nitrogens with one attached hydrogen (secondary N) is 1. The van der Waals surface area contributed by atoms with Gasteiger partial charge in [0.05, 0.1) is 28.6 Å². The van der Waals surface area contributed by atoms with E-state index in [2.05, 4.69) is 11.4 Å². The summed E-state index contributed by atoms with van der Waals surface area (Å²) >= 11 is 1.05. The van der Waals surface area contributed by atoms with E-state index in [1.165, 1.54) is 6.07 Å². The van der Waals surface area contributed by atoms with Gasteiger partial charge in [-0.3, -0.25) is 14.2 Å². The standard InChI is InChI=1S/C27H25FN6O2S/c28-21-10-4-3-7-18(21)14-31-25(35)23-12-22-24(37-23)26(36)34(15-19-8-2-1-6-17(19)13-29)27(32-22)33-11-5-9-20(30)16-33/h1-4,6-8,10,12,20H,5,9,11,14-16,30H2,(H,31,35)/t20-/m1/s1. The predicted octanol–water partition coefficient (Wildman–Crippen LogP) is 3.37. The molecule has 0 saturated carbocycles. The Balaban J connectivity index is 1.53. The average molecular weight is 517 g/mol. The van der Waals surface area contributed by atoms with Gasteiger partial charge in [-0.1, -0.05) is 36.4 Å². The molecule has 3 heterocycles. The Morgan fingerprint density at radius 3 is 2.73 bits per heavy atom. The first-order chi connectivity index (χ1) is 17.9. The second-order valence-electron chi connectivity index (χ2n) is 9.02. The molecule has 37 heavy (non-hydrogen) atoms. The van der Waals surface area contributed by atoms with Crippen LogP contribution >= 0.6 is 11.3 Å². The third kappa shape index (κ3) is 5.09. The van der Waals surface area contributed by atoms with Gasteiger partial charge in [0.15, 0.2) is 0 Å². The Morgan fingerprint density at radius 1 is 1.22 bits per heavy atom. The lowest BCUT2D eigenvalue weighted by Crippen LogP contribution is -2.45. The molecule has 0 unspecified atom stereocenters. The molecule has 8 nitrogen and oxygen atoms in total. The minimum atomic E-state index is -0.409. The van der Waals surface area contributed by atoms with E-state index in [9.17, 15) is 19.2 Å². The molecular formula is C27H25FN6O2S. The highest BCUT2D eigenvalue weighted by atomic mass is 32.1. The molecule has 1 amide bonds. The Morgan fingerprint density at radius 2 is 1.97 bits per heavy atom. The molecule has 3 N–H and O–H groups in total. The van der Waals surface area contributed by atoms with Gasteiger partial charge < -0.3 is 16.0 Å². The van der Waals surface area contributed by atoms with E-state index < -0.39 is 11.7 Å². The van der Waals surface area contributed by atoms with Gasteiger partial charge in [-0.05, 0) is 36.6 Å². The van der Waals surface area contributed by atoms with Crippen molar-refractivity contribution in [1.29, 1.82) is 5.26 Å². The predicted molar refractivity (Wildman–Crippen MR) is 141 cm³/mol. The second-order valence-corrected chi connectivity index (χ2v) is 10.1. The van der Waals surface area contributed by atoms with Crippen LogP contribution in [0.25, 0.3) is 10.2 Å². The van der Waals surface area contributed by atoms with Crippen LogP contribution in [0.4, 0.5) is 10.3 Å². The highest BCUT2D eigenvalue weighted by Crippen LogP contribution is 2.26. The number of rotatable bonds is 6. The number of anilines is 1. The lowest BCUT2D eigenvalue weighted by Gasteiger charge is -2.33. The van der Waals surface area contributed by atoms with Crippen molar-refractivity contribution in [3.05, 3.63) is 92.3 Å². The molecule has 10 heteroatoms. The minimum absolute atomic E-state index is 0.0271. The number of carbonyl (C=O) groups excluding carboxylic acids is 1. The van der Waals surface area contributed by atoms with Gasteiger partial charge in [-0.2, -0.15) is 5.26 Å². The van der Waals surface area contributed by atoms with Crippen molar-refractivity contribution >= 4 is 33.4 Å². The fourth-order valence-electron chi connectivity index (χ4n) is 4.53. The summed E-state index contributed by atoms with van der Waals surface area (Å²) in [6.45, 7) is 1.45. The lowest BCUT2D eigenvalue weighted by molar-refractivity contribution is 0.0954. The third-order valence-corrected chi connectivity index (χ3v) is 7.55. The van der Waals surface area contributed by atoms with Gasteiger partial charge >= 0.3 is 0 Å². The van der Waals surface area contributed by atoms with Gasteiger partial charge in [0.2, 0.25) is 5.95 Å². The van der Waals surface area contributed by atoms with Crippen molar-refractivity contribution < 1.29 is 9.18 Å².